The largest absolute Gasteiger partial charge is 0.313 e. The number of fused-ring (bicyclic) bond motifs is 3. The minimum absolute atomic E-state index is 0.226. The number of rotatable bonds is 1. The van der Waals surface area contributed by atoms with Crippen LogP contribution in [0.1, 0.15) is 12.0 Å². The zero-order valence-electron chi connectivity index (χ0n) is 14.1. The van der Waals surface area contributed by atoms with Gasteiger partial charge in [-0.3, -0.25) is 14.5 Å². The van der Waals surface area contributed by atoms with Gasteiger partial charge in [0.15, 0.2) is 0 Å². The second-order valence-electron chi connectivity index (χ2n) is 6.18. The minimum atomic E-state index is -0.314. The normalized spacial score (nSPS) is 14.2. The number of hydrogen-bond donors (Lipinski definition) is 0. The number of carbonyl (C=O) groups excluding carboxylic acids is 2. The Balaban J connectivity index is 2.03. The molecule has 126 valence electrons. The Morgan fingerprint density at radius 3 is 2.58 bits per heavy atom. The summed E-state index contributed by atoms with van der Waals surface area (Å²) in [6.45, 7) is 0. The quantitative estimate of drug-likeness (QED) is 0.633. The maximum absolute atomic E-state index is 12.9. The molecule has 3 aromatic carbocycles. The first-order valence-electron chi connectivity index (χ1n) is 8.21. The van der Waals surface area contributed by atoms with Crippen molar-refractivity contribution in [1.29, 1.82) is 5.26 Å². The van der Waals surface area contributed by atoms with Crippen molar-refractivity contribution in [2.45, 2.75) is 6.42 Å². The molecule has 3 aromatic rings. The van der Waals surface area contributed by atoms with Crippen molar-refractivity contribution in [2.24, 2.45) is 0 Å². The Kier molecular flexibility index (Phi) is 3.67. The third-order valence-corrected chi connectivity index (χ3v) is 4.62. The van der Waals surface area contributed by atoms with E-state index in [9.17, 15) is 14.9 Å². The Morgan fingerprint density at radius 2 is 1.77 bits per heavy atom. The second-order valence-corrected chi connectivity index (χ2v) is 6.18. The fourth-order valence-electron chi connectivity index (χ4n) is 3.36. The van der Waals surface area contributed by atoms with E-state index in [1.807, 2.05) is 36.4 Å². The molecule has 0 N–H and O–H groups in total. The summed E-state index contributed by atoms with van der Waals surface area (Å²) in [5.41, 5.74) is 2.37. The molecule has 0 saturated carbocycles. The lowest BCUT2D eigenvalue weighted by Crippen LogP contribution is -2.28. The van der Waals surface area contributed by atoms with Gasteiger partial charge in [0.25, 0.3) is 0 Å². The van der Waals surface area contributed by atoms with Crippen molar-refractivity contribution in [3.8, 4) is 6.07 Å². The fourth-order valence-corrected chi connectivity index (χ4v) is 3.36. The van der Waals surface area contributed by atoms with Crippen LogP contribution in [0.3, 0.4) is 0 Å². The molecule has 0 spiro atoms. The van der Waals surface area contributed by atoms with Crippen molar-refractivity contribution in [1.82, 2.24) is 0 Å². The van der Waals surface area contributed by atoms with E-state index in [1.165, 1.54) is 4.90 Å². The molecule has 26 heavy (non-hydrogen) atoms. The van der Waals surface area contributed by atoms with Gasteiger partial charge >= 0.3 is 0 Å². The first-order valence-corrected chi connectivity index (χ1v) is 8.21. The van der Waals surface area contributed by atoms with E-state index < -0.39 is 0 Å². The molecule has 1 aliphatic heterocycles. The van der Waals surface area contributed by atoms with Crippen LogP contribution in [0.4, 0.5) is 17.1 Å². The van der Waals surface area contributed by atoms with Crippen LogP contribution in [0.2, 0.25) is 0 Å². The molecule has 0 aromatic heterocycles. The highest BCUT2D eigenvalue weighted by atomic mass is 16.2. The summed E-state index contributed by atoms with van der Waals surface area (Å²) in [6, 6.07) is 20.5. The van der Waals surface area contributed by atoms with Crippen LogP contribution in [0, 0.1) is 11.3 Å². The highest BCUT2D eigenvalue weighted by Crippen LogP contribution is 2.42. The topological polar surface area (TPSA) is 64.4 Å². The third kappa shape index (κ3) is 2.40. The van der Waals surface area contributed by atoms with E-state index in [1.54, 1.807) is 36.2 Å². The van der Waals surface area contributed by atoms with Crippen LogP contribution in [-0.4, -0.2) is 18.9 Å². The van der Waals surface area contributed by atoms with Crippen molar-refractivity contribution in [3.63, 3.8) is 0 Å². The van der Waals surface area contributed by atoms with Gasteiger partial charge in [0, 0.05) is 12.4 Å². The molecular weight excluding hydrogens is 326 g/mol. The number of amides is 2. The molecule has 0 atom stereocenters. The smallest absolute Gasteiger partial charge is 0.241 e. The van der Waals surface area contributed by atoms with E-state index >= 15 is 0 Å². The molecule has 0 bridgehead atoms. The van der Waals surface area contributed by atoms with Gasteiger partial charge in [0.2, 0.25) is 11.8 Å². The van der Waals surface area contributed by atoms with Crippen LogP contribution in [-0.2, 0) is 9.59 Å². The van der Waals surface area contributed by atoms with Crippen molar-refractivity contribution >= 4 is 39.6 Å². The number of carbonyl (C=O) groups is 2. The van der Waals surface area contributed by atoms with Crippen molar-refractivity contribution < 1.29 is 9.59 Å². The van der Waals surface area contributed by atoms with E-state index in [-0.39, 0.29) is 18.2 Å². The molecule has 0 aliphatic carbocycles. The lowest BCUT2D eigenvalue weighted by Gasteiger charge is -2.25. The van der Waals surface area contributed by atoms with E-state index in [2.05, 4.69) is 6.07 Å². The molecule has 4 rings (SSSR count). The van der Waals surface area contributed by atoms with E-state index in [0.29, 0.717) is 22.6 Å². The van der Waals surface area contributed by atoms with Gasteiger partial charge in [-0.25, -0.2) is 0 Å². The number of anilines is 3. The predicted molar refractivity (Wildman–Crippen MR) is 100 cm³/mol. The fraction of sp³-hybridized carbons (Fsp3) is 0.0952. The monoisotopic (exact) mass is 341 g/mol. The number of nitrogens with zero attached hydrogens (tertiary/aromatic N) is 3. The molecule has 5 heteroatoms. The summed E-state index contributed by atoms with van der Waals surface area (Å²) < 4.78 is 0. The van der Waals surface area contributed by atoms with Gasteiger partial charge < -0.3 is 4.90 Å². The maximum Gasteiger partial charge on any atom is 0.241 e. The standard InChI is InChI=1S/C21H15N3O2/c1-23-19(25)12-20(26)24(16-7-4-5-14(11-16)13-22)18-10-9-15-6-2-3-8-17(15)21(18)23/h2-11H,12H2,1H3. The average Bonchev–Trinajstić information content (AvgIpc) is 2.76. The molecular formula is C21H15N3O2. The molecule has 0 radical (unpaired) electrons. The third-order valence-electron chi connectivity index (χ3n) is 4.62. The van der Waals surface area contributed by atoms with Crippen LogP contribution < -0.4 is 9.80 Å². The molecule has 0 saturated heterocycles. The molecule has 5 nitrogen and oxygen atoms in total. The molecule has 0 unspecified atom stereocenters. The van der Waals surface area contributed by atoms with Crippen LogP contribution in [0.5, 0.6) is 0 Å². The van der Waals surface area contributed by atoms with Gasteiger partial charge in [-0.2, -0.15) is 5.26 Å². The zero-order valence-corrected chi connectivity index (χ0v) is 14.1. The van der Waals surface area contributed by atoms with E-state index in [0.717, 1.165) is 10.8 Å². The predicted octanol–water partition coefficient (Wildman–Crippen LogP) is 3.74. The molecule has 0 fully saturated rings. The first kappa shape index (κ1) is 15.9. The van der Waals surface area contributed by atoms with Gasteiger partial charge in [-0.05, 0) is 29.7 Å². The highest BCUT2D eigenvalue weighted by Gasteiger charge is 2.32. The number of hydrogen-bond acceptors (Lipinski definition) is 3. The Hall–Kier alpha value is -3.65. The molecule has 1 aliphatic rings. The summed E-state index contributed by atoms with van der Waals surface area (Å²) in [6.07, 6.45) is -0.226. The summed E-state index contributed by atoms with van der Waals surface area (Å²) in [4.78, 5) is 28.5. The highest BCUT2D eigenvalue weighted by molar-refractivity contribution is 6.21. The van der Waals surface area contributed by atoms with E-state index in [4.69, 9.17) is 0 Å². The Bertz CT molecular complexity index is 1100. The van der Waals surface area contributed by atoms with Crippen molar-refractivity contribution in [2.75, 3.05) is 16.8 Å². The van der Waals surface area contributed by atoms with Gasteiger partial charge in [-0.1, -0.05) is 36.4 Å². The van der Waals surface area contributed by atoms with Gasteiger partial charge in [0.1, 0.15) is 6.42 Å². The molecule has 2 amide bonds. The Morgan fingerprint density at radius 1 is 0.962 bits per heavy atom. The summed E-state index contributed by atoms with van der Waals surface area (Å²) in [5, 5.41) is 11.1. The molecule has 1 heterocycles. The SMILES string of the molecule is CN1C(=O)CC(=O)N(c2cccc(C#N)c2)c2ccc3ccccc3c21. The van der Waals surface area contributed by atoms with Gasteiger partial charge in [-0.15, -0.1) is 0 Å². The van der Waals surface area contributed by atoms with Crippen LogP contribution in [0.25, 0.3) is 10.8 Å². The lowest BCUT2D eigenvalue weighted by molar-refractivity contribution is -0.125. The Labute approximate surface area is 150 Å². The average molecular weight is 341 g/mol. The summed E-state index contributed by atoms with van der Waals surface area (Å²) >= 11 is 0. The second kappa shape index (κ2) is 6.01. The number of benzene rings is 3. The van der Waals surface area contributed by atoms with Gasteiger partial charge in [0.05, 0.1) is 28.7 Å². The minimum Gasteiger partial charge on any atom is -0.313 e. The van der Waals surface area contributed by atoms with Crippen molar-refractivity contribution in [3.05, 3.63) is 66.2 Å². The lowest BCUT2D eigenvalue weighted by atomic mass is 10.1. The number of nitriles is 1. The van der Waals surface area contributed by atoms with Crippen LogP contribution >= 0.6 is 0 Å². The zero-order chi connectivity index (χ0) is 18.3. The summed E-state index contributed by atoms with van der Waals surface area (Å²) in [5.74, 6) is -0.572. The summed E-state index contributed by atoms with van der Waals surface area (Å²) in [7, 11) is 1.69. The van der Waals surface area contributed by atoms with Crippen LogP contribution in [0.15, 0.2) is 60.7 Å². The maximum atomic E-state index is 12.9. The first-order chi connectivity index (χ1) is 12.6.